The summed E-state index contributed by atoms with van der Waals surface area (Å²) in [5, 5.41) is 19.8. The maximum atomic E-state index is 13.3. The number of primary amides is 1. The van der Waals surface area contributed by atoms with Crippen molar-refractivity contribution < 1.29 is 38.7 Å². The number of nitrogens with two attached hydrogens (primary N) is 1. The fraction of sp³-hybridized carbons (Fsp3) is 0.545. The topological polar surface area (TPSA) is 217 Å². The first kappa shape index (κ1) is 38.4. The molecule has 0 saturated heterocycles. The Hall–Kier alpha value is -4.75. The molecule has 1 aliphatic heterocycles. The molecular weight excluding hydrogens is 608 g/mol. The van der Waals surface area contributed by atoms with E-state index in [0.29, 0.717) is 50.6 Å². The summed E-state index contributed by atoms with van der Waals surface area (Å²) in [4.78, 5) is 85.9. The highest BCUT2D eigenvalue weighted by Crippen LogP contribution is 2.15. The van der Waals surface area contributed by atoms with Crippen LogP contribution < -0.4 is 27.0 Å². The highest BCUT2D eigenvalue weighted by molar-refractivity contribution is 6.12. The normalized spacial score (nSPS) is 14.4. The van der Waals surface area contributed by atoms with E-state index in [4.69, 9.17) is 10.8 Å². The third kappa shape index (κ3) is 14.1. The number of carboxylic acid groups (broad SMARTS) is 1. The molecule has 1 aliphatic rings. The Kier molecular flexibility index (Phi) is 16.1. The van der Waals surface area contributed by atoms with Gasteiger partial charge in [0.2, 0.25) is 17.7 Å². The zero-order chi connectivity index (χ0) is 34.9. The van der Waals surface area contributed by atoms with Crippen molar-refractivity contribution in [1.82, 2.24) is 20.9 Å². The molecule has 0 spiro atoms. The number of nitrogens with one attached hydrogen (secondary N) is 4. The van der Waals surface area contributed by atoms with Gasteiger partial charge in [0.25, 0.3) is 11.8 Å². The maximum absolute atomic E-state index is 13.3. The molecule has 14 heteroatoms. The number of carbonyl (C=O) groups excluding carboxylic acids is 6. The maximum Gasteiger partial charge on any atom is 0.312 e. The van der Waals surface area contributed by atoms with E-state index < -0.39 is 41.8 Å². The van der Waals surface area contributed by atoms with E-state index >= 15 is 0 Å². The van der Waals surface area contributed by atoms with Crippen LogP contribution in [0.4, 0.5) is 10.5 Å². The van der Waals surface area contributed by atoms with Crippen LogP contribution in [-0.2, 0) is 35.2 Å². The second-order valence-electron chi connectivity index (χ2n) is 12.1. The summed E-state index contributed by atoms with van der Waals surface area (Å²) in [6.45, 7) is 5.70. The molecule has 0 fully saturated rings. The monoisotopic (exact) mass is 656 g/mol. The van der Waals surface area contributed by atoms with Gasteiger partial charge in [0.15, 0.2) is 0 Å². The molecule has 0 radical (unpaired) electrons. The molecule has 2 rings (SSSR count). The first-order valence-electron chi connectivity index (χ1n) is 16.1. The average Bonchev–Trinajstić information content (AvgIpc) is 3.33. The Labute approximate surface area is 275 Å². The molecule has 3 atom stereocenters. The number of imide groups is 1. The van der Waals surface area contributed by atoms with Gasteiger partial charge in [0.1, 0.15) is 12.1 Å². The van der Waals surface area contributed by atoms with Gasteiger partial charge < -0.3 is 32.1 Å². The van der Waals surface area contributed by atoms with Gasteiger partial charge in [-0.05, 0) is 68.6 Å². The third-order valence-corrected chi connectivity index (χ3v) is 7.80. The van der Waals surface area contributed by atoms with Crippen molar-refractivity contribution in [3.63, 3.8) is 0 Å². The van der Waals surface area contributed by atoms with Crippen molar-refractivity contribution in [3.8, 4) is 0 Å². The van der Waals surface area contributed by atoms with E-state index in [1.165, 1.54) is 12.2 Å². The molecule has 7 amide bonds. The summed E-state index contributed by atoms with van der Waals surface area (Å²) in [5.41, 5.74) is 6.64. The quantitative estimate of drug-likeness (QED) is 0.0850. The number of urea groups is 1. The molecule has 14 nitrogen and oxygen atoms in total. The number of aryl methyl sites for hydroxylation is 1. The molecule has 258 valence electrons. The number of anilines is 1. The average molecular weight is 657 g/mol. The van der Waals surface area contributed by atoms with Gasteiger partial charge >= 0.3 is 12.0 Å². The van der Waals surface area contributed by atoms with Crippen molar-refractivity contribution in [3.05, 3.63) is 42.0 Å². The predicted molar refractivity (Wildman–Crippen MR) is 175 cm³/mol. The number of nitrogens with zero attached hydrogens (tertiary/aromatic N) is 1. The van der Waals surface area contributed by atoms with Crippen molar-refractivity contribution in [2.24, 2.45) is 17.6 Å². The Morgan fingerprint density at radius 2 is 1.49 bits per heavy atom. The number of carbonyl (C=O) groups is 7. The second kappa shape index (κ2) is 19.7. The van der Waals surface area contributed by atoms with E-state index in [9.17, 15) is 33.6 Å². The molecule has 7 N–H and O–H groups in total. The van der Waals surface area contributed by atoms with Gasteiger partial charge in [-0.3, -0.25) is 33.7 Å². The van der Waals surface area contributed by atoms with Crippen molar-refractivity contribution in [2.45, 2.75) is 90.6 Å². The van der Waals surface area contributed by atoms with Crippen LogP contribution in [0.2, 0.25) is 0 Å². The first-order chi connectivity index (χ1) is 22.3. The number of amides is 7. The number of hydrogen-bond donors (Lipinski definition) is 6. The highest BCUT2D eigenvalue weighted by Gasteiger charge is 2.29. The number of benzene rings is 1. The van der Waals surface area contributed by atoms with Gasteiger partial charge in [-0.2, -0.15) is 0 Å². The molecule has 1 aromatic carbocycles. The third-order valence-electron chi connectivity index (χ3n) is 7.80. The van der Waals surface area contributed by atoms with Crippen LogP contribution in [0.1, 0.15) is 77.7 Å². The number of unbranched alkanes of at least 4 members (excludes halogenated alkanes) is 2. The van der Waals surface area contributed by atoms with E-state index in [1.807, 2.05) is 12.1 Å². The summed E-state index contributed by atoms with van der Waals surface area (Å²) in [5.74, 6) is -3.55. The molecule has 0 aromatic heterocycles. The smallest absolute Gasteiger partial charge is 0.312 e. The Balaban J connectivity index is 1.93. The molecule has 1 unspecified atom stereocenters. The first-order valence-corrected chi connectivity index (χ1v) is 16.1. The van der Waals surface area contributed by atoms with Gasteiger partial charge in [-0.1, -0.05) is 39.3 Å². The van der Waals surface area contributed by atoms with Crippen molar-refractivity contribution >= 4 is 47.2 Å². The minimum Gasteiger partial charge on any atom is -0.481 e. The van der Waals surface area contributed by atoms with Gasteiger partial charge in [0.05, 0.1) is 5.92 Å². The summed E-state index contributed by atoms with van der Waals surface area (Å²) in [6.07, 6.45) is 6.76. The largest absolute Gasteiger partial charge is 0.481 e. The molecule has 1 heterocycles. The van der Waals surface area contributed by atoms with Gasteiger partial charge in [-0.15, -0.1) is 0 Å². The van der Waals surface area contributed by atoms with Crippen LogP contribution in [-0.4, -0.2) is 76.7 Å². The van der Waals surface area contributed by atoms with E-state index in [-0.39, 0.29) is 49.6 Å². The lowest BCUT2D eigenvalue weighted by Gasteiger charge is -2.25. The fourth-order valence-corrected chi connectivity index (χ4v) is 4.93. The molecule has 47 heavy (non-hydrogen) atoms. The van der Waals surface area contributed by atoms with Crippen LogP contribution in [0.15, 0.2) is 36.4 Å². The Morgan fingerprint density at radius 3 is 2.09 bits per heavy atom. The van der Waals surface area contributed by atoms with Crippen molar-refractivity contribution in [1.29, 1.82) is 0 Å². The number of carboxylic acids is 1. The standard InChI is InChI=1S/C33H48N6O8/c1-21(2)29(38-26(40)12-5-4-6-20-39-27(41)17-18-28(39)42)31(44)37-25(11-8-19-35-33(34)47)30(43)36-24-15-13-23(14-16-24)10-7-9-22(3)32(45)46/h13-18,21-22,25,29H,4-12,19-20H2,1-3H3,(H,36,43)(H,37,44)(H,38,40)(H,45,46)(H3,34,35,47)/t22?,25-,29-/m0/s1. The number of hydrogen-bond acceptors (Lipinski definition) is 7. The van der Waals surface area contributed by atoms with Gasteiger partial charge in [-0.25, -0.2) is 4.79 Å². The predicted octanol–water partition coefficient (Wildman–Crippen LogP) is 2.23. The van der Waals surface area contributed by atoms with E-state index in [1.54, 1.807) is 32.9 Å². The summed E-state index contributed by atoms with van der Waals surface area (Å²) < 4.78 is 0. The Morgan fingerprint density at radius 1 is 0.830 bits per heavy atom. The minimum atomic E-state index is -0.974. The SMILES string of the molecule is CC(CCCc1ccc(NC(=O)[C@H](CCCNC(N)=O)NC(=O)[C@@H](NC(=O)CCCCCN2C(=O)C=CC2=O)C(C)C)cc1)C(=O)O. The van der Waals surface area contributed by atoms with Gasteiger partial charge in [0, 0.05) is 37.3 Å². The van der Waals surface area contributed by atoms with E-state index in [2.05, 4.69) is 21.3 Å². The summed E-state index contributed by atoms with van der Waals surface area (Å²) >= 11 is 0. The number of rotatable bonds is 21. The summed E-state index contributed by atoms with van der Waals surface area (Å²) in [7, 11) is 0. The molecule has 0 saturated carbocycles. The highest BCUT2D eigenvalue weighted by atomic mass is 16.4. The lowest BCUT2D eigenvalue weighted by atomic mass is 10.0. The molecule has 0 bridgehead atoms. The van der Waals surface area contributed by atoms with Crippen LogP contribution in [0, 0.1) is 11.8 Å². The number of aliphatic carboxylic acids is 1. The van der Waals surface area contributed by atoms with E-state index in [0.717, 1.165) is 10.5 Å². The van der Waals surface area contributed by atoms with Crippen LogP contribution in [0.3, 0.4) is 0 Å². The molecule has 1 aromatic rings. The lowest BCUT2D eigenvalue weighted by molar-refractivity contribution is -0.141. The van der Waals surface area contributed by atoms with Crippen molar-refractivity contribution in [2.75, 3.05) is 18.4 Å². The van der Waals surface area contributed by atoms with Crippen LogP contribution in [0.25, 0.3) is 0 Å². The minimum absolute atomic E-state index is 0.147. The van der Waals surface area contributed by atoms with Crippen LogP contribution in [0.5, 0.6) is 0 Å². The van der Waals surface area contributed by atoms with Crippen LogP contribution >= 0.6 is 0 Å². The lowest BCUT2D eigenvalue weighted by Crippen LogP contribution is -2.54. The zero-order valence-electron chi connectivity index (χ0n) is 27.4. The Bertz CT molecular complexity index is 1280. The molecular formula is C33H48N6O8. The zero-order valence-corrected chi connectivity index (χ0v) is 27.4. The summed E-state index contributed by atoms with van der Waals surface area (Å²) in [6, 6.07) is 4.57. The second-order valence-corrected chi connectivity index (χ2v) is 12.1. The molecule has 0 aliphatic carbocycles. The fourth-order valence-electron chi connectivity index (χ4n) is 4.93.